The zero-order valence-corrected chi connectivity index (χ0v) is 15.7. The van der Waals surface area contributed by atoms with Crippen LogP contribution in [-0.4, -0.2) is 20.8 Å². The predicted molar refractivity (Wildman–Crippen MR) is 109 cm³/mol. The molecular weight excluding hydrogens is 374 g/mol. The summed E-state index contributed by atoms with van der Waals surface area (Å²) in [7, 11) is 0. The first kappa shape index (κ1) is 17.9. The number of furan rings is 1. The van der Waals surface area contributed by atoms with Crippen LogP contribution in [0.2, 0.25) is 0 Å². The fourth-order valence-electron chi connectivity index (χ4n) is 2.84. The van der Waals surface area contributed by atoms with E-state index in [-0.39, 0.29) is 18.0 Å². The topological polar surface area (TPSA) is 79.2 Å². The highest BCUT2D eigenvalue weighted by Gasteiger charge is 2.15. The van der Waals surface area contributed by atoms with E-state index in [9.17, 15) is 9.59 Å². The summed E-state index contributed by atoms with van der Waals surface area (Å²) in [5.41, 5.74) is 1.44. The molecule has 28 heavy (non-hydrogen) atoms. The number of fused-ring (bicyclic) bond motifs is 1. The molecule has 0 fully saturated rings. The molecule has 1 N–H and O–H groups in total. The van der Waals surface area contributed by atoms with Crippen molar-refractivity contribution in [2.45, 2.75) is 13.1 Å². The fraction of sp³-hybridized carbons (Fsp3) is 0.0952. The van der Waals surface area contributed by atoms with Crippen molar-refractivity contribution in [3.63, 3.8) is 0 Å². The van der Waals surface area contributed by atoms with E-state index in [4.69, 9.17) is 4.42 Å². The minimum absolute atomic E-state index is 0.187. The van der Waals surface area contributed by atoms with E-state index in [1.54, 1.807) is 35.4 Å². The Labute approximate surface area is 164 Å². The normalized spacial score (nSPS) is 11.3. The number of hydrogen-bond donors (Lipinski definition) is 1. The van der Waals surface area contributed by atoms with Gasteiger partial charge in [-0.2, -0.15) is 0 Å². The second-order valence-corrected chi connectivity index (χ2v) is 7.09. The lowest BCUT2D eigenvalue weighted by Gasteiger charge is -2.21. The third-order valence-electron chi connectivity index (χ3n) is 4.17. The number of nitrogens with zero attached hydrogens (tertiary/aromatic N) is 2. The van der Waals surface area contributed by atoms with Gasteiger partial charge in [-0.05, 0) is 35.2 Å². The van der Waals surface area contributed by atoms with Crippen LogP contribution in [0, 0.1) is 0 Å². The largest absolute Gasteiger partial charge is 0.465 e. The summed E-state index contributed by atoms with van der Waals surface area (Å²) in [4.78, 5) is 34.0. The molecule has 0 aliphatic rings. The maximum absolute atomic E-state index is 12.8. The molecule has 0 saturated carbocycles. The molecule has 140 valence electrons. The van der Waals surface area contributed by atoms with E-state index in [0.29, 0.717) is 28.3 Å². The lowest BCUT2D eigenvalue weighted by molar-refractivity contribution is -0.127. The zero-order valence-electron chi connectivity index (χ0n) is 14.9. The molecule has 3 aromatic heterocycles. The van der Waals surface area contributed by atoms with Crippen molar-refractivity contribution in [2.24, 2.45) is 0 Å². The van der Waals surface area contributed by atoms with Crippen LogP contribution in [0.3, 0.4) is 0 Å². The SMILES string of the molecule is O=C(C=Cc1ccco1)N(Cc1ccccc1)Cc1nc2ccsc2c(=O)[nH]1. The van der Waals surface area contributed by atoms with Gasteiger partial charge >= 0.3 is 0 Å². The third kappa shape index (κ3) is 4.10. The molecule has 4 rings (SSSR count). The minimum atomic E-state index is -0.201. The van der Waals surface area contributed by atoms with Gasteiger partial charge in [-0.25, -0.2) is 4.98 Å². The maximum atomic E-state index is 12.8. The Balaban J connectivity index is 1.61. The molecular formula is C21H17N3O3S. The average molecular weight is 391 g/mol. The Morgan fingerprint density at radius 3 is 2.79 bits per heavy atom. The van der Waals surface area contributed by atoms with Crippen molar-refractivity contribution in [3.05, 3.63) is 93.8 Å². The molecule has 1 amide bonds. The van der Waals surface area contributed by atoms with Crippen LogP contribution in [0.4, 0.5) is 0 Å². The Morgan fingerprint density at radius 1 is 1.14 bits per heavy atom. The zero-order chi connectivity index (χ0) is 19.3. The predicted octanol–water partition coefficient (Wildman–Crippen LogP) is 3.82. The molecule has 0 saturated heterocycles. The van der Waals surface area contributed by atoms with Crippen molar-refractivity contribution >= 4 is 33.5 Å². The van der Waals surface area contributed by atoms with Gasteiger partial charge in [-0.1, -0.05) is 30.3 Å². The van der Waals surface area contributed by atoms with Gasteiger partial charge in [-0.15, -0.1) is 11.3 Å². The van der Waals surface area contributed by atoms with E-state index in [0.717, 1.165) is 5.56 Å². The first-order valence-electron chi connectivity index (χ1n) is 8.70. The molecule has 0 aliphatic heterocycles. The number of aromatic amines is 1. The van der Waals surface area contributed by atoms with Crippen LogP contribution in [-0.2, 0) is 17.9 Å². The first-order valence-corrected chi connectivity index (χ1v) is 9.58. The lowest BCUT2D eigenvalue weighted by Crippen LogP contribution is -2.30. The van der Waals surface area contributed by atoms with Gasteiger partial charge < -0.3 is 14.3 Å². The summed E-state index contributed by atoms with van der Waals surface area (Å²) < 4.78 is 5.82. The number of carbonyl (C=O) groups is 1. The summed E-state index contributed by atoms with van der Waals surface area (Å²) in [6.07, 6.45) is 4.64. The quantitative estimate of drug-likeness (QED) is 0.507. The van der Waals surface area contributed by atoms with Gasteiger partial charge in [0, 0.05) is 12.6 Å². The van der Waals surface area contributed by atoms with E-state index in [2.05, 4.69) is 9.97 Å². The summed E-state index contributed by atoms with van der Waals surface area (Å²) in [5.74, 6) is 0.846. The highest BCUT2D eigenvalue weighted by Crippen LogP contribution is 2.15. The van der Waals surface area contributed by atoms with Crippen molar-refractivity contribution < 1.29 is 9.21 Å². The summed E-state index contributed by atoms with van der Waals surface area (Å²) in [6.45, 7) is 0.588. The van der Waals surface area contributed by atoms with Crippen LogP contribution >= 0.6 is 11.3 Å². The number of hydrogen-bond acceptors (Lipinski definition) is 5. The number of nitrogens with one attached hydrogen (secondary N) is 1. The Kier molecular flexibility index (Phi) is 5.16. The van der Waals surface area contributed by atoms with Crippen LogP contribution in [0.1, 0.15) is 17.1 Å². The van der Waals surface area contributed by atoms with E-state index in [1.165, 1.54) is 17.4 Å². The lowest BCUT2D eigenvalue weighted by atomic mass is 10.2. The van der Waals surface area contributed by atoms with Crippen LogP contribution in [0.25, 0.3) is 16.3 Å². The smallest absolute Gasteiger partial charge is 0.268 e. The Bertz CT molecular complexity index is 1160. The van der Waals surface area contributed by atoms with Crippen molar-refractivity contribution in [2.75, 3.05) is 0 Å². The summed E-state index contributed by atoms with van der Waals surface area (Å²) in [6, 6.07) is 15.0. The van der Waals surface area contributed by atoms with Crippen LogP contribution in [0.5, 0.6) is 0 Å². The number of rotatable bonds is 6. The van der Waals surface area contributed by atoms with Gasteiger partial charge in [0.05, 0.1) is 18.3 Å². The molecule has 0 unspecified atom stereocenters. The highest BCUT2D eigenvalue weighted by molar-refractivity contribution is 7.17. The molecule has 0 spiro atoms. The molecule has 0 aliphatic carbocycles. The van der Waals surface area contributed by atoms with E-state index >= 15 is 0 Å². The fourth-order valence-corrected chi connectivity index (χ4v) is 3.56. The monoisotopic (exact) mass is 391 g/mol. The number of benzene rings is 1. The van der Waals surface area contributed by atoms with Gasteiger partial charge in [0.15, 0.2) is 0 Å². The van der Waals surface area contributed by atoms with Gasteiger partial charge in [0.25, 0.3) is 5.56 Å². The van der Waals surface area contributed by atoms with Crippen molar-refractivity contribution in [1.82, 2.24) is 14.9 Å². The second kappa shape index (κ2) is 8.06. The number of amides is 1. The van der Waals surface area contributed by atoms with Crippen LogP contribution in [0.15, 0.2) is 75.5 Å². The van der Waals surface area contributed by atoms with Crippen molar-refractivity contribution in [1.29, 1.82) is 0 Å². The molecule has 3 heterocycles. The molecule has 0 atom stereocenters. The van der Waals surface area contributed by atoms with Crippen LogP contribution < -0.4 is 5.56 Å². The molecule has 7 heteroatoms. The molecule has 0 bridgehead atoms. The van der Waals surface area contributed by atoms with Gasteiger partial charge in [0.1, 0.15) is 16.3 Å². The molecule has 6 nitrogen and oxygen atoms in total. The Hall–Kier alpha value is -3.45. The van der Waals surface area contributed by atoms with Crippen molar-refractivity contribution in [3.8, 4) is 0 Å². The highest BCUT2D eigenvalue weighted by atomic mass is 32.1. The number of carbonyl (C=O) groups excluding carboxylic acids is 1. The molecule has 4 aromatic rings. The summed E-state index contributed by atoms with van der Waals surface area (Å²) in [5, 5.41) is 1.83. The summed E-state index contributed by atoms with van der Waals surface area (Å²) >= 11 is 1.35. The molecule has 0 radical (unpaired) electrons. The Morgan fingerprint density at radius 2 is 2.00 bits per heavy atom. The number of aromatic nitrogens is 2. The number of H-pyrrole nitrogens is 1. The third-order valence-corrected chi connectivity index (χ3v) is 5.07. The average Bonchev–Trinajstić information content (AvgIpc) is 3.38. The van der Waals surface area contributed by atoms with E-state index in [1.807, 2.05) is 35.7 Å². The van der Waals surface area contributed by atoms with Gasteiger partial charge in [0.2, 0.25) is 5.91 Å². The standard InChI is InChI=1S/C21H17N3O3S/c25-19(9-8-16-7-4-11-27-16)24(13-15-5-2-1-3-6-15)14-18-22-17-10-12-28-20(17)21(26)23-18/h1-12H,13-14H2,(H,22,23,26). The van der Waals surface area contributed by atoms with Gasteiger partial charge in [-0.3, -0.25) is 9.59 Å². The van der Waals surface area contributed by atoms with E-state index < -0.39 is 0 Å². The molecule has 1 aromatic carbocycles. The number of thiophene rings is 1. The second-order valence-electron chi connectivity index (χ2n) is 6.18. The minimum Gasteiger partial charge on any atom is -0.465 e. The maximum Gasteiger partial charge on any atom is 0.268 e. The first-order chi connectivity index (χ1) is 13.7.